The van der Waals surface area contributed by atoms with Crippen LogP contribution in [-0.2, 0) is 4.79 Å². The van der Waals surface area contributed by atoms with E-state index < -0.39 is 0 Å². The minimum Gasteiger partial charge on any atom is -0.352 e. The fraction of sp³-hybridized carbons (Fsp3) is 0.189. The number of ketones is 2. The Balaban J connectivity index is 0.000000107. The molecule has 0 bridgehead atoms. The maximum atomic E-state index is 12.9. The molecule has 0 atom stereocenters. The fourth-order valence-corrected chi connectivity index (χ4v) is 18.2. The van der Waals surface area contributed by atoms with Crippen LogP contribution in [0.2, 0.25) is 0 Å². The second-order valence-corrected chi connectivity index (χ2v) is 35.3. The molecule has 19 heterocycles. The van der Waals surface area contributed by atoms with Crippen LogP contribution in [0, 0.1) is 17.8 Å². The molecule has 3 fully saturated rings. The van der Waals surface area contributed by atoms with Gasteiger partial charge in [0.25, 0.3) is 5.91 Å². The fourth-order valence-electron chi connectivity index (χ4n) is 18.2. The molecule has 2 aliphatic carbocycles. The molecule has 0 spiro atoms. The van der Waals surface area contributed by atoms with Crippen molar-refractivity contribution in [3.63, 3.8) is 0 Å². The minimum absolute atomic E-state index is 0.0541. The number of imidazole rings is 4. The zero-order valence-corrected chi connectivity index (χ0v) is 75.5. The van der Waals surface area contributed by atoms with Crippen molar-refractivity contribution in [1.82, 2.24) is 141 Å². The van der Waals surface area contributed by atoms with Crippen LogP contribution in [0.1, 0.15) is 121 Å². The molecule has 2 amide bonds. The summed E-state index contributed by atoms with van der Waals surface area (Å²) < 4.78 is 0. The van der Waals surface area contributed by atoms with Crippen LogP contribution in [0.4, 0.5) is 5.69 Å². The van der Waals surface area contributed by atoms with Gasteiger partial charge in [-0.3, -0.25) is 89.4 Å². The topological polar surface area (TPSA) is 463 Å². The molecule has 25 rings (SSSR count). The lowest BCUT2D eigenvalue weighted by Crippen LogP contribution is -2.30. The SMILES string of the molecule is CCC(=O)Nc1cncc(-c2ccc3[nH]nc(-c4nc5c(-c6cccnc6)cncc5[nH]4)c3c2)c1.O=C(CC1CCNCC1)c1cncc(-c2ccc3[nH]nc(-c4nc5ccncc5[nH]4)c3c2)c1.O=C(CCC1CC1)c1cncc(-c2ccc3[nH]nc(-c4nc5c(-c6cccnc6)cncc5[nH]4)c3c2)c1.O=C(NCC1CCCCC1)c1cncc(-c2ccc3[nH]nc(-c4nc5ccncc5[nH]4)c3c2)c1. The van der Waals surface area contributed by atoms with Crippen molar-refractivity contribution in [2.45, 2.75) is 90.4 Å². The van der Waals surface area contributed by atoms with E-state index in [1.165, 1.54) is 44.9 Å². The number of nitrogens with zero attached hydrogens (tertiary/aromatic N) is 18. The summed E-state index contributed by atoms with van der Waals surface area (Å²) in [7, 11) is 0. The van der Waals surface area contributed by atoms with Crippen LogP contribution >= 0.6 is 0 Å². The monoisotopic (exact) mass is 1830 g/mol. The lowest BCUT2D eigenvalue weighted by molar-refractivity contribution is -0.115. The molecule has 684 valence electrons. The Hall–Kier alpha value is -17.6. The van der Waals surface area contributed by atoms with Crippen molar-refractivity contribution in [2.24, 2.45) is 17.8 Å². The van der Waals surface area contributed by atoms with Crippen LogP contribution in [0.3, 0.4) is 0 Å². The van der Waals surface area contributed by atoms with Crippen LogP contribution in [0.5, 0.6) is 0 Å². The molecular formula is C106H91N29O4. The summed E-state index contributed by atoms with van der Waals surface area (Å²) in [6.45, 7) is 4.53. The van der Waals surface area contributed by atoms with E-state index in [1.807, 2.05) is 122 Å². The third-order valence-corrected chi connectivity index (χ3v) is 25.9. The summed E-state index contributed by atoms with van der Waals surface area (Å²) in [5.41, 5.74) is 26.9. The van der Waals surface area contributed by atoms with Gasteiger partial charge in [0.1, 0.15) is 33.8 Å². The third kappa shape index (κ3) is 18.8. The number of hydrogen-bond acceptors (Lipinski definition) is 23. The molecule has 22 aromatic rings. The largest absolute Gasteiger partial charge is 0.352 e. The van der Waals surface area contributed by atoms with Crippen molar-refractivity contribution < 1.29 is 19.2 Å². The highest BCUT2D eigenvalue weighted by molar-refractivity contribution is 6.04. The van der Waals surface area contributed by atoms with Gasteiger partial charge in [-0.2, -0.15) is 20.4 Å². The molecule has 2 saturated carbocycles. The summed E-state index contributed by atoms with van der Waals surface area (Å²) in [5, 5.41) is 43.5. The summed E-state index contributed by atoms with van der Waals surface area (Å²) >= 11 is 0. The van der Waals surface area contributed by atoms with Gasteiger partial charge in [-0.25, -0.2) is 19.9 Å². The van der Waals surface area contributed by atoms with E-state index >= 15 is 0 Å². The molecule has 3 aliphatic rings. The number of Topliss-reactive ketones (excluding diaryl/α,β-unsaturated/α-hetero) is 2. The van der Waals surface area contributed by atoms with Gasteiger partial charge in [0.15, 0.2) is 34.9 Å². The number of carbonyl (C=O) groups is 4. The van der Waals surface area contributed by atoms with Gasteiger partial charge in [0.05, 0.1) is 97.4 Å². The van der Waals surface area contributed by atoms with Crippen LogP contribution < -0.4 is 16.0 Å². The number of fused-ring (bicyclic) bond motifs is 8. The highest BCUT2D eigenvalue weighted by Crippen LogP contribution is 2.40. The molecule has 0 radical (unpaired) electrons. The molecule has 1 saturated heterocycles. The van der Waals surface area contributed by atoms with E-state index in [0.29, 0.717) is 82.5 Å². The quantitative estimate of drug-likeness (QED) is 0.0281. The first-order chi connectivity index (χ1) is 68.4. The van der Waals surface area contributed by atoms with E-state index in [9.17, 15) is 19.2 Å². The summed E-state index contributed by atoms with van der Waals surface area (Å²) in [4.78, 5) is 125. The Kier molecular flexibility index (Phi) is 24.2. The van der Waals surface area contributed by atoms with Crippen molar-refractivity contribution in [1.29, 1.82) is 0 Å². The number of pyridine rings is 10. The maximum Gasteiger partial charge on any atom is 0.252 e. The summed E-state index contributed by atoms with van der Waals surface area (Å²) in [6, 6.07) is 43.4. The van der Waals surface area contributed by atoms with Gasteiger partial charge in [-0.05, 0) is 182 Å². The Morgan fingerprint density at radius 3 is 1.22 bits per heavy atom. The first kappa shape index (κ1) is 86.8. The highest BCUT2D eigenvalue weighted by atomic mass is 16.2. The van der Waals surface area contributed by atoms with E-state index in [1.54, 1.807) is 124 Å². The zero-order valence-electron chi connectivity index (χ0n) is 75.5. The lowest BCUT2D eigenvalue weighted by Gasteiger charge is -2.21. The molecule has 33 nitrogen and oxygen atoms in total. The number of hydrogen-bond donors (Lipinski definition) is 11. The number of carbonyl (C=O) groups excluding carboxylic acids is 4. The molecular weight excluding hydrogens is 1740 g/mol. The Labute approximate surface area is 792 Å². The maximum absolute atomic E-state index is 12.9. The predicted octanol–water partition coefficient (Wildman–Crippen LogP) is 20.0. The van der Waals surface area contributed by atoms with E-state index in [2.05, 4.69) is 155 Å². The number of rotatable bonds is 22. The number of nitrogens with one attached hydrogen (secondary N) is 11. The number of aromatic amines is 8. The lowest BCUT2D eigenvalue weighted by atomic mass is 9.89. The van der Waals surface area contributed by atoms with Gasteiger partial charge < -0.3 is 35.9 Å². The van der Waals surface area contributed by atoms with Crippen molar-refractivity contribution in [3.8, 4) is 113 Å². The van der Waals surface area contributed by atoms with Gasteiger partial charge in [0, 0.05) is 196 Å². The number of H-pyrrole nitrogens is 8. The van der Waals surface area contributed by atoms with Crippen molar-refractivity contribution >= 4 is 117 Å². The molecule has 4 aromatic carbocycles. The average Bonchev–Trinajstić information content (AvgIpc) is 1.63. The number of benzene rings is 4. The number of piperidine rings is 1. The summed E-state index contributed by atoms with van der Waals surface area (Å²) in [6.07, 6.45) is 48.3. The summed E-state index contributed by atoms with van der Waals surface area (Å²) in [5.74, 6) is 4.63. The number of amides is 2. The van der Waals surface area contributed by atoms with E-state index in [4.69, 9.17) is 9.97 Å². The van der Waals surface area contributed by atoms with Gasteiger partial charge in [-0.15, -0.1) is 0 Å². The smallest absolute Gasteiger partial charge is 0.252 e. The second kappa shape index (κ2) is 38.8. The number of aromatic nitrogens is 26. The minimum atomic E-state index is -0.0686. The predicted molar refractivity (Wildman–Crippen MR) is 534 cm³/mol. The van der Waals surface area contributed by atoms with Crippen molar-refractivity contribution in [3.05, 3.63) is 274 Å². The highest BCUT2D eigenvalue weighted by Gasteiger charge is 2.27. The molecule has 0 unspecified atom stereocenters. The van der Waals surface area contributed by atoms with Gasteiger partial charge in [-0.1, -0.05) is 75.4 Å². The normalized spacial score (nSPS) is 13.5. The standard InChI is InChI=1S/C29H23N7O.C26H20N8O.C26H25N7O.C25H23N7O/c37-26(8-5-17-3-4-17)21-10-20(13-31-14-21)18-6-7-24-22(11-18)28(36-35-24)29-33-25-16-32-15-23(27(25)34-29)19-2-1-9-30-12-19;1-2-23(35)30-18-8-17(11-28-12-18)15-5-6-21-19(9-15)25(34-33-21)26-31-22-14-29-13-20(24(22)32-26)16-4-3-7-27-10-16;34-26(29-12-16-4-2-1-3-5-16)19-10-18(13-28-14-19)17-6-7-21-20(11-17)24(33-32-21)25-30-22-8-9-27-15-23(22)31-25;33-23(9-15-3-6-26-7-4-15)18-10-17(12-28-13-18)16-1-2-20-19(11-16)24(32-31-20)25-29-21-5-8-27-14-22(21)30-25/h1-2,6-7,9-17H,3-5,8H2,(H,33,34)(H,35,36);3-14H,2H2,1H3,(H,30,35)(H,31,32)(H,33,34);6-11,13-16H,1-5,12H2,(H,29,34)(H,30,31)(H,32,33);1-2,5,8,10-15,26H,3-4,6-7,9H2,(H,29,30)(H,31,32). The third-order valence-electron chi connectivity index (χ3n) is 25.9. The van der Waals surface area contributed by atoms with Crippen molar-refractivity contribution in [2.75, 3.05) is 25.0 Å². The van der Waals surface area contributed by atoms with Crippen LogP contribution in [0.15, 0.2) is 257 Å². The van der Waals surface area contributed by atoms with E-state index in [-0.39, 0.29) is 23.4 Å². The Bertz CT molecular complexity index is 8250. The van der Waals surface area contributed by atoms with Crippen LogP contribution in [0.25, 0.3) is 201 Å². The molecule has 18 aromatic heterocycles. The average molecular weight is 1840 g/mol. The molecule has 1 aliphatic heterocycles. The van der Waals surface area contributed by atoms with E-state index in [0.717, 1.165) is 216 Å². The van der Waals surface area contributed by atoms with Gasteiger partial charge in [0.2, 0.25) is 5.91 Å². The van der Waals surface area contributed by atoms with Gasteiger partial charge >= 0.3 is 0 Å². The number of anilines is 1. The molecule has 139 heavy (non-hydrogen) atoms. The Morgan fingerprint density at radius 1 is 0.345 bits per heavy atom. The molecule has 11 N–H and O–H groups in total. The zero-order chi connectivity index (χ0) is 93.7. The first-order valence-corrected chi connectivity index (χ1v) is 46.6. The van der Waals surface area contributed by atoms with Crippen LogP contribution in [-0.4, -0.2) is 174 Å². The first-order valence-electron chi connectivity index (χ1n) is 46.6. The second-order valence-electron chi connectivity index (χ2n) is 35.3. The Morgan fingerprint density at radius 2 is 0.763 bits per heavy atom. The molecule has 33 heteroatoms.